The van der Waals surface area contributed by atoms with Crippen molar-refractivity contribution < 1.29 is 21.1 Å². The Hall–Kier alpha value is -1.48. The second-order valence-electron chi connectivity index (χ2n) is 3.82. The Labute approximate surface area is 104 Å². The minimum Gasteiger partial charge on any atom is -0.394 e. The van der Waals surface area contributed by atoms with Crippen LogP contribution in [0.15, 0.2) is 17.1 Å². The van der Waals surface area contributed by atoms with Crippen molar-refractivity contribution in [3.8, 4) is 0 Å². The molecule has 4 atom stereocenters. The molecule has 1 aliphatic heterocycles. The zero-order chi connectivity index (χ0) is 14.2. The second kappa shape index (κ2) is 5.02. The van der Waals surface area contributed by atoms with E-state index in [-0.39, 0.29) is 5.82 Å². The van der Waals surface area contributed by atoms with Gasteiger partial charge in [0, 0.05) is 13.3 Å². The average Bonchev–Trinajstić information content (AvgIpc) is 2.59. The zero-order valence-corrected chi connectivity index (χ0v) is 9.68. The first-order valence-electron chi connectivity index (χ1n) is 5.78. The highest BCUT2D eigenvalue weighted by Gasteiger charge is 2.45. The molecule has 8 nitrogen and oxygen atoms in total. The number of rotatable bonds is 3. The van der Waals surface area contributed by atoms with Gasteiger partial charge in [-0.2, -0.15) is 4.98 Å². The first kappa shape index (κ1) is 11.6. The third kappa shape index (κ3) is 2.10. The average molecular weight is 258 g/mol. The Bertz CT molecular complexity index is 520. The molecule has 18 heavy (non-hydrogen) atoms. The molecule has 8 heteroatoms. The molecular formula is C10H15N3O5. The van der Waals surface area contributed by atoms with Crippen LogP contribution in [0.4, 0.5) is 5.82 Å². The number of aliphatic hydroxyl groups excluding tert-OH is 1. The SMILES string of the molecule is [2H][C@@]1(O)[C@@H](CO)O[C@@H](n2ccc(N)nc2=O)[C@@H]1OC. The lowest BCUT2D eigenvalue weighted by Gasteiger charge is -2.20. The summed E-state index contributed by atoms with van der Waals surface area (Å²) in [6, 6.07) is 1.38. The van der Waals surface area contributed by atoms with Gasteiger partial charge in [-0.25, -0.2) is 4.79 Å². The van der Waals surface area contributed by atoms with Crippen molar-refractivity contribution in [3.05, 3.63) is 22.7 Å². The lowest BCUT2D eigenvalue weighted by molar-refractivity contribution is -0.0624. The van der Waals surface area contributed by atoms with Crippen molar-refractivity contribution in [1.82, 2.24) is 9.55 Å². The molecule has 0 bridgehead atoms. The van der Waals surface area contributed by atoms with Gasteiger partial charge >= 0.3 is 5.69 Å². The van der Waals surface area contributed by atoms with Gasteiger partial charge in [0.05, 0.1) is 7.98 Å². The molecule has 2 rings (SSSR count). The van der Waals surface area contributed by atoms with Crippen molar-refractivity contribution in [2.45, 2.75) is 24.5 Å². The summed E-state index contributed by atoms with van der Waals surface area (Å²) in [4.78, 5) is 15.3. The van der Waals surface area contributed by atoms with Crippen molar-refractivity contribution in [2.24, 2.45) is 0 Å². The lowest BCUT2D eigenvalue weighted by atomic mass is 10.1. The predicted octanol–water partition coefficient (Wildman–Crippen LogP) is -1.91. The molecular weight excluding hydrogens is 242 g/mol. The Balaban J connectivity index is 2.42. The molecule has 0 spiro atoms. The highest BCUT2D eigenvalue weighted by Crippen LogP contribution is 2.30. The number of hydrogen-bond donors (Lipinski definition) is 3. The van der Waals surface area contributed by atoms with E-state index in [0.29, 0.717) is 0 Å². The van der Waals surface area contributed by atoms with Crippen LogP contribution in [0.5, 0.6) is 0 Å². The molecule has 0 aliphatic carbocycles. The van der Waals surface area contributed by atoms with Crippen LogP contribution >= 0.6 is 0 Å². The molecule has 4 N–H and O–H groups in total. The quantitative estimate of drug-likeness (QED) is 0.578. The van der Waals surface area contributed by atoms with Crippen molar-refractivity contribution in [1.29, 1.82) is 0 Å². The van der Waals surface area contributed by atoms with Crippen molar-refractivity contribution in [2.75, 3.05) is 19.5 Å². The van der Waals surface area contributed by atoms with Crippen LogP contribution in [0.3, 0.4) is 0 Å². The van der Waals surface area contributed by atoms with Crippen LogP contribution < -0.4 is 11.4 Å². The third-order valence-corrected chi connectivity index (χ3v) is 2.73. The largest absolute Gasteiger partial charge is 0.394 e. The van der Waals surface area contributed by atoms with Crippen LogP contribution in [0.25, 0.3) is 0 Å². The minimum absolute atomic E-state index is 0.0491. The maximum atomic E-state index is 11.7. The maximum absolute atomic E-state index is 11.7. The standard InChI is InChI=1S/C10H15N3O5/c1-17-8-7(15)5(4-14)18-9(8)13-3-2-6(11)12-10(13)16/h2-3,5,7-9,14-15H,4H2,1H3,(H2,11,12,16)/t5-,7-,8-,9-/m1/s1/i7D. The summed E-state index contributed by atoms with van der Waals surface area (Å²) in [5.74, 6) is 0.0491. The number of nitrogens with two attached hydrogens (primary N) is 1. The Morgan fingerprint density at radius 2 is 2.50 bits per heavy atom. The maximum Gasteiger partial charge on any atom is 0.351 e. The van der Waals surface area contributed by atoms with Gasteiger partial charge in [0.25, 0.3) is 0 Å². The lowest BCUT2D eigenvalue weighted by Crippen LogP contribution is -2.37. The molecule has 1 aromatic rings. The number of nitrogen functional groups attached to an aromatic ring is 1. The molecule has 0 aromatic carbocycles. The van der Waals surface area contributed by atoms with Gasteiger partial charge in [-0.3, -0.25) is 4.57 Å². The normalized spacial score (nSPS) is 36.6. The third-order valence-electron chi connectivity index (χ3n) is 2.73. The minimum atomic E-state index is -2.17. The van der Waals surface area contributed by atoms with Crippen molar-refractivity contribution in [3.63, 3.8) is 0 Å². The zero-order valence-electron chi connectivity index (χ0n) is 10.7. The molecule has 1 saturated heterocycles. The first-order chi connectivity index (χ1) is 8.91. The second-order valence-corrected chi connectivity index (χ2v) is 3.82. The van der Waals surface area contributed by atoms with Crippen LogP contribution in [0.2, 0.25) is 0 Å². The van der Waals surface area contributed by atoms with E-state index in [1.165, 1.54) is 19.4 Å². The molecule has 100 valence electrons. The van der Waals surface area contributed by atoms with Gasteiger partial charge in [-0.05, 0) is 6.07 Å². The number of aliphatic hydroxyl groups is 2. The van der Waals surface area contributed by atoms with Crippen LogP contribution in [-0.4, -0.2) is 51.8 Å². The number of aromatic nitrogens is 2. The van der Waals surface area contributed by atoms with Gasteiger partial charge in [-0.1, -0.05) is 0 Å². The van der Waals surface area contributed by atoms with Gasteiger partial charge in [-0.15, -0.1) is 0 Å². The van der Waals surface area contributed by atoms with Gasteiger partial charge < -0.3 is 25.4 Å². The van der Waals surface area contributed by atoms with E-state index in [1.807, 2.05) is 0 Å². The summed E-state index contributed by atoms with van der Waals surface area (Å²) in [5, 5.41) is 19.1. The molecule has 0 radical (unpaired) electrons. The van der Waals surface area contributed by atoms with Crippen LogP contribution in [-0.2, 0) is 9.47 Å². The number of methoxy groups -OCH3 is 1. The fraction of sp³-hybridized carbons (Fsp3) is 0.600. The topological polar surface area (TPSA) is 120 Å². The van der Waals surface area contributed by atoms with Gasteiger partial charge in [0.1, 0.15) is 24.1 Å². The fourth-order valence-electron chi connectivity index (χ4n) is 1.84. The summed E-state index contributed by atoms with van der Waals surface area (Å²) in [6.07, 6.45) is -4.24. The van der Waals surface area contributed by atoms with E-state index < -0.39 is 36.8 Å². The highest BCUT2D eigenvalue weighted by molar-refractivity contribution is 5.23. The van der Waals surface area contributed by atoms with E-state index >= 15 is 0 Å². The predicted molar refractivity (Wildman–Crippen MR) is 60.7 cm³/mol. The fourth-order valence-corrected chi connectivity index (χ4v) is 1.84. The molecule has 0 saturated carbocycles. The molecule has 0 unspecified atom stereocenters. The van der Waals surface area contributed by atoms with E-state index in [4.69, 9.17) is 21.7 Å². The van der Waals surface area contributed by atoms with E-state index in [1.54, 1.807) is 0 Å². The van der Waals surface area contributed by atoms with E-state index in [0.717, 1.165) is 4.57 Å². The molecule has 1 aliphatic rings. The summed E-state index contributed by atoms with van der Waals surface area (Å²) >= 11 is 0. The smallest absolute Gasteiger partial charge is 0.351 e. The summed E-state index contributed by atoms with van der Waals surface area (Å²) in [5.41, 5.74) is 4.68. The van der Waals surface area contributed by atoms with Crippen LogP contribution in [0.1, 0.15) is 7.60 Å². The monoisotopic (exact) mass is 258 g/mol. The number of hydrogen-bond acceptors (Lipinski definition) is 7. The number of nitrogens with zero attached hydrogens (tertiary/aromatic N) is 2. The summed E-state index contributed by atoms with van der Waals surface area (Å²) < 4.78 is 19.2. The summed E-state index contributed by atoms with van der Waals surface area (Å²) in [7, 11) is 1.27. The molecule has 2 heterocycles. The number of ether oxygens (including phenoxy) is 2. The Morgan fingerprint density at radius 3 is 3.06 bits per heavy atom. The molecule has 0 amide bonds. The van der Waals surface area contributed by atoms with E-state index in [9.17, 15) is 9.90 Å². The highest BCUT2D eigenvalue weighted by atomic mass is 16.6. The molecule has 1 aromatic heterocycles. The van der Waals surface area contributed by atoms with Gasteiger partial charge in [0.2, 0.25) is 0 Å². The van der Waals surface area contributed by atoms with Crippen molar-refractivity contribution >= 4 is 5.82 Å². The number of anilines is 1. The Morgan fingerprint density at radius 1 is 1.78 bits per heavy atom. The Kier molecular flexibility index (Phi) is 3.24. The summed E-state index contributed by atoms with van der Waals surface area (Å²) in [6.45, 7) is -0.576. The first-order valence-corrected chi connectivity index (χ1v) is 5.28. The van der Waals surface area contributed by atoms with Crippen LogP contribution in [0, 0.1) is 0 Å². The van der Waals surface area contributed by atoms with E-state index in [2.05, 4.69) is 4.98 Å². The molecule has 1 fully saturated rings. The van der Waals surface area contributed by atoms with Gasteiger partial charge in [0.15, 0.2) is 6.23 Å².